The van der Waals surface area contributed by atoms with E-state index in [2.05, 4.69) is 20.9 Å². The van der Waals surface area contributed by atoms with Crippen LogP contribution in [0.3, 0.4) is 0 Å². The fourth-order valence-corrected chi connectivity index (χ4v) is 4.83. The molecule has 144 valence electrons. The number of ether oxygens (including phenoxy) is 1. The largest absolute Gasteiger partial charge is 0.466 e. The second-order valence-corrected chi connectivity index (χ2v) is 7.89. The minimum Gasteiger partial charge on any atom is -0.466 e. The quantitative estimate of drug-likeness (QED) is 0.304. The second kappa shape index (κ2) is 9.22. The molecule has 2 saturated heterocycles. The number of urea groups is 1. The summed E-state index contributed by atoms with van der Waals surface area (Å²) in [6, 6.07) is 0.434. The fraction of sp³-hybridized carbons (Fsp3) is 0.750. The molecule has 0 aliphatic carbocycles. The average Bonchev–Trinajstić information content (AvgIpc) is 3.32. The highest BCUT2D eigenvalue weighted by molar-refractivity contribution is 8.00. The molecule has 9 nitrogen and oxygen atoms in total. The van der Waals surface area contributed by atoms with Crippen molar-refractivity contribution >= 4 is 23.8 Å². The minimum atomic E-state index is -0.154. The number of aromatic nitrogens is 3. The van der Waals surface area contributed by atoms with Crippen LogP contribution >= 0.6 is 11.8 Å². The van der Waals surface area contributed by atoms with Gasteiger partial charge in [-0.1, -0.05) is 11.6 Å². The summed E-state index contributed by atoms with van der Waals surface area (Å²) in [7, 11) is 0. The number of hydrogen-bond donors (Lipinski definition) is 3. The Labute approximate surface area is 156 Å². The van der Waals surface area contributed by atoms with Crippen molar-refractivity contribution in [2.75, 3.05) is 12.4 Å². The van der Waals surface area contributed by atoms with E-state index in [1.807, 2.05) is 11.8 Å². The van der Waals surface area contributed by atoms with E-state index in [9.17, 15) is 9.59 Å². The predicted molar refractivity (Wildman–Crippen MR) is 97.4 cm³/mol. The molecule has 4 N–H and O–H groups in total. The summed E-state index contributed by atoms with van der Waals surface area (Å²) in [5.41, 5.74) is 6.23. The monoisotopic (exact) mass is 382 g/mol. The number of fused-ring (bicyclic) bond motifs is 1. The minimum absolute atomic E-state index is 0.0565. The van der Waals surface area contributed by atoms with E-state index in [0.717, 1.165) is 30.7 Å². The molecule has 2 fully saturated rings. The average molecular weight is 382 g/mol. The van der Waals surface area contributed by atoms with E-state index in [1.54, 1.807) is 10.9 Å². The van der Waals surface area contributed by atoms with Gasteiger partial charge in [-0.15, -0.1) is 5.10 Å². The Morgan fingerprint density at radius 3 is 3.08 bits per heavy atom. The van der Waals surface area contributed by atoms with Crippen LogP contribution in [0.2, 0.25) is 0 Å². The summed E-state index contributed by atoms with van der Waals surface area (Å²) < 4.78 is 6.96. The van der Waals surface area contributed by atoms with E-state index >= 15 is 0 Å². The van der Waals surface area contributed by atoms with Gasteiger partial charge in [0.2, 0.25) is 0 Å². The van der Waals surface area contributed by atoms with Crippen LogP contribution in [0.25, 0.3) is 0 Å². The highest BCUT2D eigenvalue weighted by Crippen LogP contribution is 2.33. The van der Waals surface area contributed by atoms with Crippen LogP contribution in [-0.4, -0.2) is 56.7 Å². The number of nitrogens with two attached hydrogens (primary N) is 1. The van der Waals surface area contributed by atoms with Crippen molar-refractivity contribution in [3.63, 3.8) is 0 Å². The molecule has 1 aromatic rings. The third-order valence-electron chi connectivity index (χ3n) is 4.65. The van der Waals surface area contributed by atoms with Gasteiger partial charge in [0, 0.05) is 43.1 Å². The number of amides is 2. The Kier molecular flexibility index (Phi) is 6.73. The Morgan fingerprint density at radius 1 is 1.38 bits per heavy atom. The summed E-state index contributed by atoms with van der Waals surface area (Å²) in [5.74, 6) is 0.813. The molecule has 3 rings (SSSR count). The van der Waals surface area contributed by atoms with Crippen LogP contribution in [0, 0.1) is 0 Å². The Bertz CT molecular complexity index is 625. The molecular weight excluding hydrogens is 356 g/mol. The molecule has 3 unspecified atom stereocenters. The van der Waals surface area contributed by atoms with Crippen molar-refractivity contribution in [3.8, 4) is 0 Å². The number of esters is 1. The highest BCUT2D eigenvalue weighted by Gasteiger charge is 2.42. The van der Waals surface area contributed by atoms with E-state index in [0.29, 0.717) is 37.8 Å². The lowest BCUT2D eigenvalue weighted by Crippen LogP contribution is -2.36. The van der Waals surface area contributed by atoms with Gasteiger partial charge in [0.15, 0.2) is 0 Å². The van der Waals surface area contributed by atoms with Crippen molar-refractivity contribution in [2.45, 2.75) is 62.5 Å². The van der Waals surface area contributed by atoms with Gasteiger partial charge in [0.05, 0.1) is 24.4 Å². The molecule has 2 aliphatic heterocycles. The van der Waals surface area contributed by atoms with Gasteiger partial charge >= 0.3 is 12.0 Å². The van der Waals surface area contributed by atoms with E-state index in [-0.39, 0.29) is 24.1 Å². The Hall–Kier alpha value is -1.81. The molecule has 3 heterocycles. The van der Waals surface area contributed by atoms with E-state index < -0.39 is 0 Å². The van der Waals surface area contributed by atoms with Gasteiger partial charge in [-0.25, -0.2) is 4.79 Å². The van der Waals surface area contributed by atoms with Crippen LogP contribution in [0.4, 0.5) is 4.79 Å². The van der Waals surface area contributed by atoms with Crippen molar-refractivity contribution in [3.05, 3.63) is 11.9 Å². The van der Waals surface area contributed by atoms with Crippen LogP contribution in [0.5, 0.6) is 0 Å². The third-order valence-corrected chi connectivity index (χ3v) is 6.16. The van der Waals surface area contributed by atoms with E-state index in [1.165, 1.54) is 0 Å². The number of carbonyl (C=O) groups is 2. The van der Waals surface area contributed by atoms with Crippen molar-refractivity contribution in [1.29, 1.82) is 0 Å². The molecular formula is C16H26N6O3S. The zero-order valence-electron chi connectivity index (χ0n) is 14.7. The number of nitrogens with zero attached hydrogens (tertiary/aromatic N) is 3. The smallest absolute Gasteiger partial charge is 0.315 e. The molecule has 10 heteroatoms. The highest BCUT2D eigenvalue weighted by atomic mass is 32.2. The molecule has 2 amide bonds. The van der Waals surface area contributed by atoms with Crippen molar-refractivity contribution < 1.29 is 14.3 Å². The van der Waals surface area contributed by atoms with Gasteiger partial charge in [-0.05, 0) is 12.8 Å². The van der Waals surface area contributed by atoms with Crippen LogP contribution in [0.15, 0.2) is 6.20 Å². The number of carbonyl (C=O) groups excluding carboxylic acids is 2. The molecule has 0 spiro atoms. The SMILES string of the molecule is NCc1cn(CCCOC(=O)CCCCC2SCC3NC(=O)NC32)nn1. The first-order chi connectivity index (χ1) is 12.7. The molecule has 0 bridgehead atoms. The first-order valence-electron chi connectivity index (χ1n) is 9.09. The fourth-order valence-electron chi connectivity index (χ4n) is 3.28. The predicted octanol–water partition coefficient (Wildman–Crippen LogP) is 0.396. The topological polar surface area (TPSA) is 124 Å². The maximum Gasteiger partial charge on any atom is 0.315 e. The van der Waals surface area contributed by atoms with Crippen molar-refractivity contribution in [2.24, 2.45) is 5.73 Å². The maximum atomic E-state index is 11.8. The summed E-state index contributed by atoms with van der Waals surface area (Å²) in [4.78, 5) is 23.1. The van der Waals surface area contributed by atoms with Gasteiger partial charge in [0.1, 0.15) is 0 Å². The standard InChI is InChI=1S/C16H26N6O3S/c17-8-11-9-22(21-20-11)6-3-7-25-14(23)5-2-1-4-13-15-12(10-26-13)18-16(24)19-15/h9,12-13,15H,1-8,10,17H2,(H2,18,19,24). The second-order valence-electron chi connectivity index (χ2n) is 6.62. The van der Waals surface area contributed by atoms with E-state index in [4.69, 9.17) is 10.5 Å². The van der Waals surface area contributed by atoms with Gasteiger partial charge < -0.3 is 21.1 Å². The van der Waals surface area contributed by atoms with Crippen LogP contribution in [-0.2, 0) is 22.6 Å². The lowest BCUT2D eigenvalue weighted by atomic mass is 10.0. The summed E-state index contributed by atoms with van der Waals surface area (Å²) in [6.07, 6.45) is 5.74. The number of aryl methyl sites for hydroxylation is 1. The molecule has 0 saturated carbocycles. The lowest BCUT2D eigenvalue weighted by Gasteiger charge is -2.16. The number of nitrogens with one attached hydrogen (secondary N) is 2. The molecule has 26 heavy (non-hydrogen) atoms. The first kappa shape index (κ1) is 19.0. The van der Waals surface area contributed by atoms with Crippen LogP contribution in [0.1, 0.15) is 37.8 Å². The summed E-state index contributed by atoms with van der Waals surface area (Å²) in [5, 5.41) is 14.2. The van der Waals surface area contributed by atoms with Gasteiger partial charge in [-0.3, -0.25) is 9.48 Å². The van der Waals surface area contributed by atoms with Gasteiger partial charge in [0.25, 0.3) is 0 Å². The lowest BCUT2D eigenvalue weighted by molar-refractivity contribution is -0.143. The summed E-state index contributed by atoms with van der Waals surface area (Å²) in [6.45, 7) is 1.41. The molecule has 3 atom stereocenters. The normalized spacial score (nSPS) is 24.2. The molecule has 2 aliphatic rings. The zero-order valence-corrected chi connectivity index (χ0v) is 15.5. The molecule has 0 aromatic carbocycles. The zero-order chi connectivity index (χ0) is 18.4. The number of rotatable bonds is 10. The molecule has 0 radical (unpaired) electrons. The number of hydrogen-bond acceptors (Lipinski definition) is 7. The van der Waals surface area contributed by atoms with Crippen LogP contribution < -0.4 is 16.4 Å². The van der Waals surface area contributed by atoms with Crippen molar-refractivity contribution in [1.82, 2.24) is 25.6 Å². The molecule has 1 aromatic heterocycles. The Balaban J connectivity index is 1.22. The summed E-state index contributed by atoms with van der Waals surface area (Å²) >= 11 is 1.90. The maximum absolute atomic E-state index is 11.8. The number of thioether (sulfide) groups is 1. The third kappa shape index (κ3) is 5.10. The van der Waals surface area contributed by atoms with Gasteiger partial charge in [-0.2, -0.15) is 11.8 Å². The first-order valence-corrected chi connectivity index (χ1v) is 10.1. The Morgan fingerprint density at radius 2 is 2.27 bits per heavy atom. The number of unbranched alkanes of at least 4 members (excludes halogenated alkanes) is 1.